The number of rotatable bonds is 5. The van der Waals surface area contributed by atoms with Gasteiger partial charge in [0.15, 0.2) is 0 Å². The normalized spacial score (nSPS) is 17.4. The molecule has 2 N–H and O–H groups in total. The lowest BCUT2D eigenvalue weighted by atomic mass is 9.79. The van der Waals surface area contributed by atoms with Crippen LogP contribution in [0, 0.1) is 5.41 Å². The van der Waals surface area contributed by atoms with Gasteiger partial charge < -0.3 is 4.74 Å². The van der Waals surface area contributed by atoms with E-state index in [2.05, 4.69) is 49.7 Å². The van der Waals surface area contributed by atoms with Crippen molar-refractivity contribution in [3.63, 3.8) is 0 Å². The monoisotopic (exact) mass is 329 g/mol. The van der Waals surface area contributed by atoms with Crippen LogP contribution in [0.2, 0.25) is 0 Å². The minimum absolute atomic E-state index is 0.0272. The van der Waals surface area contributed by atoms with Crippen LogP contribution in [0.4, 0.5) is 5.95 Å². The fourth-order valence-corrected chi connectivity index (χ4v) is 2.93. The van der Waals surface area contributed by atoms with Gasteiger partial charge in [-0.05, 0) is 31.5 Å². The van der Waals surface area contributed by atoms with E-state index in [0.29, 0.717) is 5.95 Å². The molecule has 0 radical (unpaired) electrons. The Morgan fingerprint density at radius 3 is 2.67 bits per heavy atom. The van der Waals surface area contributed by atoms with Crippen LogP contribution >= 0.6 is 0 Å². The van der Waals surface area contributed by atoms with E-state index in [9.17, 15) is 4.79 Å². The molecule has 1 aliphatic rings. The fourth-order valence-electron chi connectivity index (χ4n) is 2.93. The van der Waals surface area contributed by atoms with Gasteiger partial charge in [-0.1, -0.05) is 37.3 Å². The van der Waals surface area contributed by atoms with Gasteiger partial charge in [-0.15, -0.1) is 5.10 Å². The lowest BCUT2D eigenvalue weighted by Crippen LogP contribution is -2.44. The second-order valence-corrected chi connectivity index (χ2v) is 6.45. The molecule has 0 aliphatic carbocycles. The maximum atomic E-state index is 12.6. The zero-order valence-electron chi connectivity index (χ0n) is 14.1. The average molecular weight is 329 g/mol. The molecule has 2 aromatic rings. The van der Waals surface area contributed by atoms with E-state index in [1.165, 1.54) is 12.7 Å². The second kappa shape index (κ2) is 7.00. The number of piperidine rings is 1. The number of ether oxygens (including phenoxy) is 1. The third kappa shape index (κ3) is 3.73. The second-order valence-electron chi connectivity index (χ2n) is 6.45. The van der Waals surface area contributed by atoms with Crippen molar-refractivity contribution in [1.82, 2.24) is 20.1 Å². The number of hydrogen-bond donors (Lipinski definition) is 2. The van der Waals surface area contributed by atoms with Gasteiger partial charge in [0.1, 0.15) is 0 Å². The Morgan fingerprint density at radius 1 is 1.33 bits per heavy atom. The van der Waals surface area contributed by atoms with Crippen molar-refractivity contribution in [2.75, 3.05) is 25.5 Å². The molecule has 0 atom stereocenters. The number of aromatic nitrogens is 3. The summed E-state index contributed by atoms with van der Waals surface area (Å²) in [6.45, 7) is 4.74. The maximum absolute atomic E-state index is 12.6. The summed E-state index contributed by atoms with van der Waals surface area (Å²) in [6, 6.07) is 10.6. The Labute approximate surface area is 141 Å². The highest BCUT2D eigenvalue weighted by atomic mass is 16.5. The van der Waals surface area contributed by atoms with Gasteiger partial charge in [0.05, 0.1) is 7.11 Å². The van der Waals surface area contributed by atoms with Crippen LogP contribution < -0.4 is 10.1 Å². The molecule has 0 spiro atoms. The molecule has 1 fully saturated rings. The number of amides is 1. The molecule has 0 saturated carbocycles. The number of nitrogens with one attached hydrogen (secondary N) is 2. The molecule has 1 saturated heterocycles. The van der Waals surface area contributed by atoms with Crippen LogP contribution in [0.3, 0.4) is 0 Å². The molecule has 1 aromatic carbocycles. The molecule has 3 rings (SSSR count). The molecule has 0 unspecified atom stereocenters. The van der Waals surface area contributed by atoms with Gasteiger partial charge in [-0.2, -0.15) is 4.98 Å². The predicted molar refractivity (Wildman–Crippen MR) is 90.6 cm³/mol. The van der Waals surface area contributed by atoms with Crippen molar-refractivity contribution in [2.45, 2.75) is 26.3 Å². The highest BCUT2D eigenvalue weighted by Crippen LogP contribution is 2.32. The molecule has 24 heavy (non-hydrogen) atoms. The Bertz CT molecular complexity index is 677. The SMILES string of the molecule is COc1n[nH]c(NC(=O)C2(C)CCN(Cc3ccccc3)CC2)n1. The number of hydrogen-bond acceptors (Lipinski definition) is 5. The smallest absolute Gasteiger partial charge is 0.336 e. The van der Waals surface area contributed by atoms with Crippen LogP contribution in [0.15, 0.2) is 30.3 Å². The first-order valence-electron chi connectivity index (χ1n) is 8.13. The molecule has 1 aliphatic heterocycles. The molecule has 7 nitrogen and oxygen atoms in total. The van der Waals surface area contributed by atoms with Crippen molar-refractivity contribution in [3.05, 3.63) is 35.9 Å². The van der Waals surface area contributed by atoms with Crippen molar-refractivity contribution in [3.8, 4) is 6.01 Å². The van der Waals surface area contributed by atoms with Gasteiger partial charge in [0.2, 0.25) is 11.9 Å². The maximum Gasteiger partial charge on any atom is 0.336 e. The number of carbonyl (C=O) groups is 1. The third-order valence-corrected chi connectivity index (χ3v) is 4.64. The summed E-state index contributed by atoms with van der Waals surface area (Å²) in [5, 5.41) is 9.29. The van der Waals surface area contributed by atoms with Gasteiger partial charge in [0.25, 0.3) is 0 Å². The summed E-state index contributed by atoms with van der Waals surface area (Å²) in [7, 11) is 1.48. The number of carbonyl (C=O) groups excluding carboxylic acids is 1. The summed E-state index contributed by atoms with van der Waals surface area (Å²) in [6.07, 6.45) is 1.63. The van der Waals surface area contributed by atoms with Crippen molar-refractivity contribution in [1.29, 1.82) is 0 Å². The molecular weight excluding hydrogens is 306 g/mol. The minimum atomic E-state index is -0.396. The summed E-state index contributed by atoms with van der Waals surface area (Å²) >= 11 is 0. The first-order valence-corrected chi connectivity index (χ1v) is 8.13. The number of methoxy groups -OCH3 is 1. The van der Waals surface area contributed by atoms with Crippen LogP contribution in [-0.4, -0.2) is 46.2 Å². The molecule has 1 amide bonds. The van der Waals surface area contributed by atoms with Gasteiger partial charge >= 0.3 is 6.01 Å². The van der Waals surface area contributed by atoms with Gasteiger partial charge in [-0.3, -0.25) is 15.0 Å². The zero-order valence-corrected chi connectivity index (χ0v) is 14.1. The largest absolute Gasteiger partial charge is 0.466 e. The summed E-state index contributed by atoms with van der Waals surface area (Å²) in [5.74, 6) is 0.297. The minimum Gasteiger partial charge on any atom is -0.466 e. The van der Waals surface area contributed by atoms with E-state index < -0.39 is 5.41 Å². The van der Waals surface area contributed by atoms with E-state index >= 15 is 0 Å². The Balaban J connectivity index is 1.54. The van der Waals surface area contributed by atoms with Crippen LogP contribution in [0.5, 0.6) is 6.01 Å². The standard InChI is InChI=1S/C17H23N5O2/c1-17(14(23)18-15-19-16(24-2)21-20-15)8-10-22(11-9-17)12-13-6-4-3-5-7-13/h3-7H,8-12H2,1-2H3,(H2,18,19,20,21,23). The molecular formula is C17H23N5O2. The molecule has 0 bridgehead atoms. The Kier molecular flexibility index (Phi) is 4.80. The lowest BCUT2D eigenvalue weighted by molar-refractivity contribution is -0.127. The number of benzene rings is 1. The van der Waals surface area contributed by atoms with Crippen molar-refractivity contribution in [2.24, 2.45) is 5.41 Å². The predicted octanol–water partition coefficient (Wildman–Crippen LogP) is 2.05. The van der Waals surface area contributed by atoms with Gasteiger partial charge in [-0.25, -0.2) is 5.10 Å². The summed E-state index contributed by atoms with van der Waals surface area (Å²) in [4.78, 5) is 19.0. The summed E-state index contributed by atoms with van der Waals surface area (Å²) < 4.78 is 4.91. The lowest BCUT2D eigenvalue weighted by Gasteiger charge is -2.38. The first-order chi connectivity index (χ1) is 11.6. The van der Waals surface area contributed by atoms with E-state index in [0.717, 1.165) is 32.5 Å². The van der Waals surface area contributed by atoms with Crippen LogP contribution in [-0.2, 0) is 11.3 Å². The topological polar surface area (TPSA) is 83.1 Å². The van der Waals surface area contributed by atoms with Crippen molar-refractivity contribution < 1.29 is 9.53 Å². The molecule has 1 aromatic heterocycles. The van der Waals surface area contributed by atoms with E-state index in [1.54, 1.807) is 0 Å². The van der Waals surface area contributed by atoms with E-state index in [1.807, 2.05) is 13.0 Å². The number of nitrogens with zero attached hydrogens (tertiary/aromatic N) is 3. The first kappa shape index (κ1) is 16.4. The van der Waals surface area contributed by atoms with Crippen LogP contribution in [0.25, 0.3) is 0 Å². The fraction of sp³-hybridized carbons (Fsp3) is 0.471. The average Bonchev–Trinajstić information content (AvgIpc) is 3.06. The highest BCUT2D eigenvalue weighted by Gasteiger charge is 2.37. The number of likely N-dealkylation sites (tertiary alicyclic amines) is 1. The number of H-pyrrole nitrogens is 1. The van der Waals surface area contributed by atoms with Crippen LogP contribution in [0.1, 0.15) is 25.3 Å². The van der Waals surface area contributed by atoms with E-state index in [4.69, 9.17) is 4.74 Å². The quantitative estimate of drug-likeness (QED) is 0.877. The molecule has 2 heterocycles. The Hall–Kier alpha value is -2.41. The third-order valence-electron chi connectivity index (χ3n) is 4.64. The molecule has 128 valence electrons. The molecule has 7 heteroatoms. The van der Waals surface area contributed by atoms with E-state index in [-0.39, 0.29) is 11.9 Å². The highest BCUT2D eigenvalue weighted by molar-refractivity contribution is 5.93. The number of anilines is 1. The zero-order chi connectivity index (χ0) is 17.0. The Morgan fingerprint density at radius 2 is 2.04 bits per heavy atom. The number of aromatic amines is 1. The summed E-state index contributed by atoms with van der Waals surface area (Å²) in [5.41, 5.74) is 0.909. The van der Waals surface area contributed by atoms with Gasteiger partial charge in [0, 0.05) is 12.0 Å². The van der Waals surface area contributed by atoms with Crippen molar-refractivity contribution >= 4 is 11.9 Å².